The molecule has 0 bridgehead atoms. The van der Waals surface area contributed by atoms with Crippen molar-refractivity contribution in [2.75, 3.05) is 19.0 Å². The Hall–Kier alpha value is -2.82. The summed E-state index contributed by atoms with van der Waals surface area (Å²) in [5, 5.41) is 0.552. The summed E-state index contributed by atoms with van der Waals surface area (Å²) < 4.78 is 2.84. The maximum atomic E-state index is 12.9. The average molecular weight is 323 g/mol. The van der Waals surface area contributed by atoms with Crippen LogP contribution in [0, 0.1) is 6.92 Å². The van der Waals surface area contributed by atoms with Crippen molar-refractivity contribution in [3.05, 3.63) is 74.4 Å². The lowest BCUT2D eigenvalue weighted by atomic mass is 10.1. The fourth-order valence-corrected chi connectivity index (χ4v) is 2.91. The Bertz CT molecular complexity index is 1030. The van der Waals surface area contributed by atoms with Crippen molar-refractivity contribution in [1.29, 1.82) is 0 Å². The molecule has 0 radical (unpaired) electrons. The van der Waals surface area contributed by atoms with E-state index in [2.05, 4.69) is 0 Å². The molecule has 24 heavy (non-hydrogen) atoms. The lowest BCUT2D eigenvalue weighted by molar-refractivity contribution is 0.660. The Morgan fingerprint density at radius 1 is 1.04 bits per heavy atom. The van der Waals surface area contributed by atoms with Crippen molar-refractivity contribution in [2.45, 2.75) is 13.5 Å². The zero-order valence-corrected chi connectivity index (χ0v) is 14.4. The molecule has 0 unspecified atom stereocenters. The first kappa shape index (κ1) is 16.1. The highest BCUT2D eigenvalue weighted by atomic mass is 16.2. The van der Waals surface area contributed by atoms with Crippen LogP contribution in [-0.2, 0) is 13.6 Å². The number of nitrogens with zero attached hydrogens (tertiary/aromatic N) is 3. The molecule has 0 amide bonds. The van der Waals surface area contributed by atoms with Gasteiger partial charge >= 0.3 is 5.69 Å². The molecule has 1 aromatic heterocycles. The van der Waals surface area contributed by atoms with E-state index in [1.54, 1.807) is 7.05 Å². The van der Waals surface area contributed by atoms with Crippen molar-refractivity contribution in [3.8, 4) is 0 Å². The van der Waals surface area contributed by atoms with Gasteiger partial charge in [-0.3, -0.25) is 13.9 Å². The molecule has 124 valence electrons. The standard InChI is InChI=1S/C19H21N3O2/c1-13-6-5-7-14(10-13)12-22-18(23)16-11-15(20(2)3)8-9-17(16)21(4)19(22)24/h5-11H,12H2,1-4H3. The van der Waals surface area contributed by atoms with Crippen molar-refractivity contribution in [1.82, 2.24) is 9.13 Å². The molecule has 0 atom stereocenters. The summed E-state index contributed by atoms with van der Waals surface area (Å²) in [5.74, 6) is 0. The van der Waals surface area contributed by atoms with Crippen LogP contribution in [0.1, 0.15) is 11.1 Å². The van der Waals surface area contributed by atoms with Crippen LogP contribution in [0.2, 0.25) is 0 Å². The summed E-state index contributed by atoms with van der Waals surface area (Å²) in [6.45, 7) is 2.27. The predicted octanol–water partition coefficient (Wildman–Crippen LogP) is 2.12. The summed E-state index contributed by atoms with van der Waals surface area (Å²) in [7, 11) is 5.55. The predicted molar refractivity (Wildman–Crippen MR) is 98.1 cm³/mol. The number of hydrogen-bond donors (Lipinski definition) is 0. The van der Waals surface area contributed by atoms with E-state index in [-0.39, 0.29) is 17.8 Å². The van der Waals surface area contributed by atoms with Crippen LogP contribution in [0.3, 0.4) is 0 Å². The molecule has 0 aliphatic rings. The molecule has 0 fully saturated rings. The van der Waals surface area contributed by atoms with Gasteiger partial charge in [-0.1, -0.05) is 29.8 Å². The number of fused-ring (bicyclic) bond motifs is 1. The van der Waals surface area contributed by atoms with Gasteiger partial charge in [0.15, 0.2) is 0 Å². The summed E-state index contributed by atoms with van der Waals surface area (Å²) in [6.07, 6.45) is 0. The molecular formula is C19H21N3O2. The van der Waals surface area contributed by atoms with Crippen LogP contribution >= 0.6 is 0 Å². The highest BCUT2D eigenvalue weighted by Crippen LogP contribution is 2.17. The van der Waals surface area contributed by atoms with E-state index in [1.807, 2.05) is 68.4 Å². The molecule has 0 spiro atoms. The normalized spacial score (nSPS) is 11.0. The van der Waals surface area contributed by atoms with E-state index in [4.69, 9.17) is 0 Å². The van der Waals surface area contributed by atoms with Gasteiger partial charge in [0, 0.05) is 26.8 Å². The molecular weight excluding hydrogens is 302 g/mol. The van der Waals surface area contributed by atoms with Gasteiger partial charge in [0.25, 0.3) is 5.56 Å². The molecule has 2 aromatic carbocycles. The maximum absolute atomic E-state index is 12.9. The summed E-state index contributed by atoms with van der Waals surface area (Å²) in [6, 6.07) is 13.4. The molecule has 0 saturated heterocycles. The van der Waals surface area contributed by atoms with Gasteiger partial charge in [-0.25, -0.2) is 4.79 Å². The first-order valence-corrected chi connectivity index (χ1v) is 7.85. The minimum atomic E-state index is -0.299. The van der Waals surface area contributed by atoms with E-state index >= 15 is 0 Å². The molecule has 0 N–H and O–H groups in total. The van der Waals surface area contributed by atoms with E-state index in [0.717, 1.165) is 16.8 Å². The second kappa shape index (κ2) is 6.00. The third-order valence-electron chi connectivity index (χ3n) is 4.27. The summed E-state index contributed by atoms with van der Waals surface area (Å²) in [4.78, 5) is 27.5. The lowest BCUT2D eigenvalue weighted by Crippen LogP contribution is -2.39. The highest BCUT2D eigenvalue weighted by molar-refractivity contribution is 5.82. The van der Waals surface area contributed by atoms with E-state index in [1.165, 1.54) is 9.13 Å². The van der Waals surface area contributed by atoms with Gasteiger partial charge in [-0.15, -0.1) is 0 Å². The minimum absolute atomic E-state index is 0.252. The number of rotatable bonds is 3. The third kappa shape index (κ3) is 2.73. The first-order valence-electron chi connectivity index (χ1n) is 7.85. The number of benzene rings is 2. The number of aromatic nitrogens is 2. The van der Waals surface area contributed by atoms with Crippen LogP contribution in [-0.4, -0.2) is 23.2 Å². The molecule has 0 aliphatic heterocycles. The number of aryl methyl sites for hydroxylation is 2. The molecule has 5 heteroatoms. The van der Waals surface area contributed by atoms with Gasteiger partial charge in [-0.2, -0.15) is 0 Å². The smallest absolute Gasteiger partial charge is 0.331 e. The topological polar surface area (TPSA) is 47.2 Å². The molecule has 5 nitrogen and oxygen atoms in total. The molecule has 0 saturated carbocycles. The molecule has 3 rings (SSSR count). The van der Waals surface area contributed by atoms with Crippen molar-refractivity contribution in [2.24, 2.45) is 7.05 Å². The zero-order valence-electron chi connectivity index (χ0n) is 14.4. The minimum Gasteiger partial charge on any atom is -0.378 e. The van der Waals surface area contributed by atoms with Gasteiger partial charge in [0.05, 0.1) is 17.4 Å². The number of hydrogen-bond acceptors (Lipinski definition) is 3. The van der Waals surface area contributed by atoms with Gasteiger partial charge in [-0.05, 0) is 30.7 Å². The Morgan fingerprint density at radius 2 is 1.79 bits per heavy atom. The van der Waals surface area contributed by atoms with Crippen molar-refractivity contribution < 1.29 is 0 Å². The molecule has 1 heterocycles. The monoisotopic (exact) mass is 323 g/mol. The highest BCUT2D eigenvalue weighted by Gasteiger charge is 2.12. The van der Waals surface area contributed by atoms with Gasteiger partial charge in [0.2, 0.25) is 0 Å². The van der Waals surface area contributed by atoms with Crippen LogP contribution in [0.4, 0.5) is 5.69 Å². The Morgan fingerprint density at radius 3 is 2.46 bits per heavy atom. The van der Waals surface area contributed by atoms with E-state index < -0.39 is 0 Å². The van der Waals surface area contributed by atoms with Crippen molar-refractivity contribution >= 4 is 16.6 Å². The summed E-state index contributed by atoms with van der Waals surface area (Å²) in [5.41, 5.74) is 3.08. The Balaban J connectivity index is 2.24. The molecule has 0 aliphatic carbocycles. The second-order valence-electron chi connectivity index (χ2n) is 6.32. The second-order valence-corrected chi connectivity index (χ2v) is 6.32. The lowest BCUT2D eigenvalue weighted by Gasteiger charge is -2.15. The average Bonchev–Trinajstić information content (AvgIpc) is 2.56. The Kier molecular flexibility index (Phi) is 4.01. The van der Waals surface area contributed by atoms with Crippen LogP contribution in [0.25, 0.3) is 10.9 Å². The fourth-order valence-electron chi connectivity index (χ4n) is 2.91. The first-order chi connectivity index (χ1) is 11.4. The SMILES string of the molecule is Cc1cccc(Cn2c(=O)c3cc(N(C)C)ccc3n(C)c2=O)c1. The summed E-state index contributed by atoms with van der Waals surface area (Å²) >= 11 is 0. The van der Waals surface area contributed by atoms with E-state index in [9.17, 15) is 9.59 Å². The fraction of sp³-hybridized carbons (Fsp3) is 0.263. The van der Waals surface area contributed by atoms with Crippen LogP contribution in [0.5, 0.6) is 0 Å². The van der Waals surface area contributed by atoms with Crippen LogP contribution < -0.4 is 16.1 Å². The van der Waals surface area contributed by atoms with E-state index in [0.29, 0.717) is 10.9 Å². The maximum Gasteiger partial charge on any atom is 0.331 e. The van der Waals surface area contributed by atoms with Gasteiger partial charge in [0.1, 0.15) is 0 Å². The molecule has 3 aromatic rings. The van der Waals surface area contributed by atoms with Crippen molar-refractivity contribution in [3.63, 3.8) is 0 Å². The Labute approximate surface area is 140 Å². The number of anilines is 1. The largest absolute Gasteiger partial charge is 0.378 e. The zero-order chi connectivity index (χ0) is 17.4. The van der Waals surface area contributed by atoms with Gasteiger partial charge < -0.3 is 4.90 Å². The van der Waals surface area contributed by atoms with Crippen LogP contribution in [0.15, 0.2) is 52.1 Å². The third-order valence-corrected chi connectivity index (χ3v) is 4.27. The quantitative estimate of drug-likeness (QED) is 0.742.